The van der Waals surface area contributed by atoms with Crippen LogP contribution in [-0.2, 0) is 13.6 Å². The molecule has 2 rings (SSSR count). The second-order valence-electron chi connectivity index (χ2n) is 4.69. The van der Waals surface area contributed by atoms with Gasteiger partial charge in [-0.2, -0.15) is 5.10 Å². The van der Waals surface area contributed by atoms with Crippen molar-refractivity contribution in [2.75, 3.05) is 5.32 Å². The quantitative estimate of drug-likeness (QED) is 0.855. The molecule has 1 aromatic carbocycles. The Bertz CT molecular complexity index is 636. The molecule has 1 heterocycles. The lowest BCUT2D eigenvalue weighted by Gasteiger charge is -2.11. The second-order valence-corrected chi connectivity index (χ2v) is 5.50. The molecule has 6 heteroatoms. The van der Waals surface area contributed by atoms with Crippen LogP contribution in [0.25, 0.3) is 0 Å². The third-order valence-corrected chi connectivity index (χ3v) is 3.64. The standard InChI is InChI=1S/C14H17ClN4S/c1-9-4-5-12(6-13(9)15)17-14(20)16-7-11-8-19(3)18-10(11)2/h4-6,8H,7H2,1-3H3,(H2,16,17,20). The number of hydrogen-bond donors (Lipinski definition) is 2. The molecule has 0 aliphatic rings. The number of nitrogens with zero attached hydrogens (tertiary/aromatic N) is 2. The summed E-state index contributed by atoms with van der Waals surface area (Å²) in [6.45, 7) is 4.59. The smallest absolute Gasteiger partial charge is 0.171 e. The van der Waals surface area contributed by atoms with E-state index in [1.54, 1.807) is 4.68 Å². The van der Waals surface area contributed by atoms with Crippen LogP contribution in [0.2, 0.25) is 5.02 Å². The van der Waals surface area contributed by atoms with E-state index in [1.807, 2.05) is 45.3 Å². The van der Waals surface area contributed by atoms with Gasteiger partial charge in [0.15, 0.2) is 5.11 Å². The molecule has 0 aliphatic carbocycles. The van der Waals surface area contributed by atoms with Crippen molar-refractivity contribution in [3.63, 3.8) is 0 Å². The number of benzene rings is 1. The fourth-order valence-corrected chi connectivity index (χ4v) is 2.21. The van der Waals surface area contributed by atoms with Crippen LogP contribution in [0.3, 0.4) is 0 Å². The van der Waals surface area contributed by atoms with Crippen molar-refractivity contribution >= 4 is 34.6 Å². The van der Waals surface area contributed by atoms with E-state index in [2.05, 4.69) is 15.7 Å². The van der Waals surface area contributed by atoms with Crippen LogP contribution in [0.15, 0.2) is 24.4 Å². The van der Waals surface area contributed by atoms with Gasteiger partial charge in [-0.3, -0.25) is 4.68 Å². The average molecular weight is 309 g/mol. The molecule has 0 aliphatic heterocycles. The van der Waals surface area contributed by atoms with Crippen molar-refractivity contribution in [3.05, 3.63) is 46.2 Å². The van der Waals surface area contributed by atoms with E-state index in [0.717, 1.165) is 27.5 Å². The van der Waals surface area contributed by atoms with Gasteiger partial charge in [-0.05, 0) is 43.8 Å². The largest absolute Gasteiger partial charge is 0.358 e. The molecule has 0 saturated heterocycles. The fraction of sp³-hybridized carbons (Fsp3) is 0.286. The first-order valence-corrected chi connectivity index (χ1v) is 7.04. The monoisotopic (exact) mass is 308 g/mol. The highest BCUT2D eigenvalue weighted by atomic mass is 35.5. The van der Waals surface area contributed by atoms with Crippen LogP contribution in [0.4, 0.5) is 5.69 Å². The van der Waals surface area contributed by atoms with E-state index in [0.29, 0.717) is 11.7 Å². The van der Waals surface area contributed by atoms with E-state index in [1.165, 1.54) is 0 Å². The maximum atomic E-state index is 6.08. The molecule has 0 unspecified atom stereocenters. The normalized spacial score (nSPS) is 10.4. The Labute approximate surface area is 129 Å². The molecule has 20 heavy (non-hydrogen) atoms. The minimum atomic E-state index is 0.563. The number of hydrogen-bond acceptors (Lipinski definition) is 2. The van der Waals surface area contributed by atoms with Crippen molar-refractivity contribution in [2.24, 2.45) is 7.05 Å². The van der Waals surface area contributed by atoms with Gasteiger partial charge in [0.1, 0.15) is 0 Å². The Balaban J connectivity index is 1.92. The number of aromatic nitrogens is 2. The number of anilines is 1. The Morgan fingerprint density at radius 2 is 2.15 bits per heavy atom. The maximum absolute atomic E-state index is 6.08. The van der Waals surface area contributed by atoms with Crippen LogP contribution < -0.4 is 10.6 Å². The number of nitrogens with one attached hydrogen (secondary N) is 2. The summed E-state index contributed by atoms with van der Waals surface area (Å²) in [5, 5.41) is 11.9. The van der Waals surface area contributed by atoms with Gasteiger partial charge in [0.05, 0.1) is 5.69 Å². The van der Waals surface area contributed by atoms with Gasteiger partial charge < -0.3 is 10.6 Å². The summed E-state index contributed by atoms with van der Waals surface area (Å²) in [7, 11) is 1.90. The summed E-state index contributed by atoms with van der Waals surface area (Å²) in [6, 6.07) is 5.77. The second kappa shape index (κ2) is 6.24. The Morgan fingerprint density at radius 1 is 1.40 bits per heavy atom. The zero-order valence-electron chi connectivity index (χ0n) is 11.7. The van der Waals surface area contributed by atoms with Gasteiger partial charge in [0.2, 0.25) is 0 Å². The predicted molar refractivity (Wildman–Crippen MR) is 87.2 cm³/mol. The lowest BCUT2D eigenvalue weighted by Crippen LogP contribution is -2.28. The molecule has 4 nitrogen and oxygen atoms in total. The number of aryl methyl sites for hydroxylation is 3. The Hall–Kier alpha value is -1.59. The SMILES string of the molecule is Cc1ccc(NC(=S)NCc2cn(C)nc2C)cc1Cl. The highest BCUT2D eigenvalue weighted by Gasteiger charge is 2.04. The zero-order chi connectivity index (χ0) is 14.7. The van der Waals surface area contributed by atoms with Crippen LogP contribution in [0, 0.1) is 13.8 Å². The average Bonchev–Trinajstić information content (AvgIpc) is 2.70. The zero-order valence-corrected chi connectivity index (χ0v) is 13.3. The van der Waals surface area contributed by atoms with Crippen molar-refractivity contribution in [1.29, 1.82) is 0 Å². The molecular weight excluding hydrogens is 292 g/mol. The van der Waals surface area contributed by atoms with E-state index < -0.39 is 0 Å². The third kappa shape index (κ3) is 3.71. The predicted octanol–water partition coefficient (Wildman–Crippen LogP) is 3.18. The minimum absolute atomic E-state index is 0.563. The van der Waals surface area contributed by atoms with E-state index >= 15 is 0 Å². The number of halogens is 1. The van der Waals surface area contributed by atoms with Crippen molar-refractivity contribution in [2.45, 2.75) is 20.4 Å². The molecule has 1 aromatic heterocycles. The molecule has 106 valence electrons. The van der Waals surface area contributed by atoms with E-state index in [9.17, 15) is 0 Å². The van der Waals surface area contributed by atoms with Gasteiger partial charge in [-0.1, -0.05) is 17.7 Å². The molecule has 0 fully saturated rings. The van der Waals surface area contributed by atoms with Crippen LogP contribution in [-0.4, -0.2) is 14.9 Å². The van der Waals surface area contributed by atoms with Crippen LogP contribution >= 0.6 is 23.8 Å². The van der Waals surface area contributed by atoms with Crippen molar-refractivity contribution in [3.8, 4) is 0 Å². The Kier molecular flexibility index (Phi) is 4.62. The first-order valence-electron chi connectivity index (χ1n) is 6.26. The molecule has 0 atom stereocenters. The lowest BCUT2D eigenvalue weighted by atomic mass is 10.2. The topological polar surface area (TPSA) is 41.9 Å². The molecule has 0 saturated carbocycles. The molecule has 2 N–H and O–H groups in total. The highest BCUT2D eigenvalue weighted by Crippen LogP contribution is 2.19. The summed E-state index contributed by atoms with van der Waals surface area (Å²) in [5.41, 5.74) is 4.04. The molecular formula is C14H17ClN4S. The lowest BCUT2D eigenvalue weighted by molar-refractivity contribution is 0.756. The van der Waals surface area contributed by atoms with Crippen molar-refractivity contribution < 1.29 is 0 Å². The minimum Gasteiger partial charge on any atom is -0.358 e. The highest BCUT2D eigenvalue weighted by molar-refractivity contribution is 7.80. The van der Waals surface area contributed by atoms with Gasteiger partial charge in [-0.25, -0.2) is 0 Å². The van der Waals surface area contributed by atoms with Gasteiger partial charge >= 0.3 is 0 Å². The Morgan fingerprint density at radius 3 is 2.75 bits per heavy atom. The third-order valence-electron chi connectivity index (χ3n) is 2.98. The molecule has 0 bridgehead atoms. The number of rotatable bonds is 3. The summed E-state index contributed by atoms with van der Waals surface area (Å²) in [4.78, 5) is 0. The first kappa shape index (κ1) is 14.8. The molecule has 0 radical (unpaired) electrons. The summed E-state index contributed by atoms with van der Waals surface area (Å²) in [6.07, 6.45) is 1.98. The van der Waals surface area contributed by atoms with E-state index in [-0.39, 0.29) is 0 Å². The summed E-state index contributed by atoms with van der Waals surface area (Å²) >= 11 is 11.3. The molecule has 0 amide bonds. The van der Waals surface area contributed by atoms with Gasteiger partial charge in [0, 0.05) is 36.1 Å². The maximum Gasteiger partial charge on any atom is 0.171 e. The van der Waals surface area contributed by atoms with Crippen LogP contribution in [0.5, 0.6) is 0 Å². The summed E-state index contributed by atoms with van der Waals surface area (Å²) in [5.74, 6) is 0. The van der Waals surface area contributed by atoms with Crippen molar-refractivity contribution in [1.82, 2.24) is 15.1 Å². The van der Waals surface area contributed by atoms with Gasteiger partial charge in [0.25, 0.3) is 0 Å². The summed E-state index contributed by atoms with van der Waals surface area (Å²) < 4.78 is 1.79. The number of thiocarbonyl (C=S) groups is 1. The van der Waals surface area contributed by atoms with E-state index in [4.69, 9.17) is 23.8 Å². The van der Waals surface area contributed by atoms with Crippen LogP contribution in [0.1, 0.15) is 16.8 Å². The van der Waals surface area contributed by atoms with Gasteiger partial charge in [-0.15, -0.1) is 0 Å². The fourth-order valence-electron chi connectivity index (χ4n) is 1.84. The first-order chi connectivity index (χ1) is 9.45. The molecule has 0 spiro atoms. The molecule has 2 aromatic rings.